The molecule has 1 amide bonds. The van der Waals surface area contributed by atoms with Crippen molar-refractivity contribution in [1.29, 1.82) is 10.5 Å². The quantitative estimate of drug-likeness (QED) is 0.853. The molecule has 110 valence electrons. The van der Waals surface area contributed by atoms with Gasteiger partial charge in [0.2, 0.25) is 5.91 Å². The third kappa shape index (κ3) is 5.50. The Morgan fingerprint density at radius 2 is 2.14 bits per heavy atom. The number of amides is 1. The predicted molar refractivity (Wildman–Crippen MR) is 79.2 cm³/mol. The van der Waals surface area contributed by atoms with Crippen molar-refractivity contribution in [1.82, 2.24) is 10.3 Å². The van der Waals surface area contributed by atoms with Gasteiger partial charge < -0.3 is 10.2 Å². The zero-order valence-corrected chi connectivity index (χ0v) is 12.5. The maximum atomic E-state index is 11.9. The first-order valence-electron chi connectivity index (χ1n) is 6.72. The Kier molecular flexibility index (Phi) is 6.16. The number of nitrogens with zero attached hydrogens (tertiary/aromatic N) is 4. The van der Waals surface area contributed by atoms with Crippen LogP contribution >= 0.6 is 0 Å². The molecule has 0 fully saturated rings. The van der Waals surface area contributed by atoms with E-state index in [9.17, 15) is 4.79 Å². The van der Waals surface area contributed by atoms with Gasteiger partial charge in [-0.05, 0) is 24.5 Å². The van der Waals surface area contributed by atoms with Crippen molar-refractivity contribution in [2.24, 2.45) is 5.92 Å². The molecule has 1 aromatic rings. The van der Waals surface area contributed by atoms with E-state index in [1.54, 1.807) is 24.1 Å². The molecule has 0 bridgehead atoms. The van der Waals surface area contributed by atoms with Crippen LogP contribution in [0.3, 0.4) is 0 Å². The van der Waals surface area contributed by atoms with E-state index < -0.39 is 6.04 Å². The lowest BCUT2D eigenvalue weighted by atomic mass is 10.1. The molecular weight excluding hydrogens is 266 g/mol. The van der Waals surface area contributed by atoms with Crippen LogP contribution in [0.5, 0.6) is 0 Å². The second-order valence-corrected chi connectivity index (χ2v) is 5.25. The van der Waals surface area contributed by atoms with Crippen LogP contribution in [0.2, 0.25) is 0 Å². The van der Waals surface area contributed by atoms with Gasteiger partial charge in [-0.25, -0.2) is 4.98 Å². The SMILES string of the molecule is CC(C)C[C@@H](C#N)NC(=O)CN(C)c1ccc(C#N)cn1. The van der Waals surface area contributed by atoms with Gasteiger partial charge in [0.15, 0.2) is 0 Å². The largest absolute Gasteiger partial charge is 0.350 e. The molecule has 6 heteroatoms. The summed E-state index contributed by atoms with van der Waals surface area (Å²) in [7, 11) is 1.73. The second-order valence-electron chi connectivity index (χ2n) is 5.25. The Morgan fingerprint density at radius 3 is 2.62 bits per heavy atom. The van der Waals surface area contributed by atoms with Gasteiger partial charge >= 0.3 is 0 Å². The van der Waals surface area contributed by atoms with Crippen LogP contribution in [0.25, 0.3) is 0 Å². The molecule has 0 aliphatic carbocycles. The molecule has 6 nitrogen and oxygen atoms in total. The number of likely N-dealkylation sites (N-methyl/N-ethyl adjacent to an activating group) is 1. The molecule has 1 aromatic heterocycles. The number of nitrogens with one attached hydrogen (secondary N) is 1. The van der Waals surface area contributed by atoms with Crippen molar-refractivity contribution in [3.05, 3.63) is 23.9 Å². The van der Waals surface area contributed by atoms with Crippen LogP contribution in [0.15, 0.2) is 18.3 Å². The first-order chi connectivity index (χ1) is 9.96. The average molecular weight is 285 g/mol. The minimum absolute atomic E-state index is 0.106. The molecule has 1 rings (SSSR count). The number of carbonyl (C=O) groups excluding carboxylic acids is 1. The summed E-state index contributed by atoms with van der Waals surface area (Å²) in [5.74, 6) is 0.713. The number of aromatic nitrogens is 1. The number of nitriles is 2. The van der Waals surface area contributed by atoms with Crippen LogP contribution in [-0.2, 0) is 4.79 Å². The molecule has 0 saturated carbocycles. The van der Waals surface area contributed by atoms with Gasteiger partial charge in [0.25, 0.3) is 0 Å². The molecule has 1 atom stereocenters. The summed E-state index contributed by atoms with van der Waals surface area (Å²) in [6.07, 6.45) is 2.08. The maximum absolute atomic E-state index is 11.9. The average Bonchev–Trinajstić information content (AvgIpc) is 2.45. The molecule has 0 radical (unpaired) electrons. The van der Waals surface area contributed by atoms with E-state index in [1.807, 2.05) is 19.9 Å². The number of hydrogen-bond donors (Lipinski definition) is 1. The highest BCUT2D eigenvalue weighted by Crippen LogP contribution is 2.09. The van der Waals surface area contributed by atoms with Gasteiger partial charge in [0.1, 0.15) is 17.9 Å². The summed E-state index contributed by atoms with van der Waals surface area (Å²) >= 11 is 0. The summed E-state index contributed by atoms with van der Waals surface area (Å²) in [5.41, 5.74) is 0.470. The van der Waals surface area contributed by atoms with Crippen LogP contribution < -0.4 is 10.2 Å². The fraction of sp³-hybridized carbons (Fsp3) is 0.467. The van der Waals surface area contributed by atoms with Crippen molar-refractivity contribution < 1.29 is 4.79 Å². The molecule has 0 aliphatic rings. The van der Waals surface area contributed by atoms with E-state index in [0.29, 0.717) is 23.7 Å². The molecule has 0 saturated heterocycles. The number of anilines is 1. The molecular formula is C15H19N5O. The van der Waals surface area contributed by atoms with E-state index in [-0.39, 0.29) is 12.5 Å². The smallest absolute Gasteiger partial charge is 0.240 e. The summed E-state index contributed by atoms with van der Waals surface area (Å²) < 4.78 is 0. The first-order valence-corrected chi connectivity index (χ1v) is 6.72. The van der Waals surface area contributed by atoms with E-state index in [0.717, 1.165) is 0 Å². The van der Waals surface area contributed by atoms with Crippen molar-refractivity contribution >= 4 is 11.7 Å². The van der Waals surface area contributed by atoms with Crippen LogP contribution in [0.4, 0.5) is 5.82 Å². The maximum Gasteiger partial charge on any atom is 0.240 e. The number of pyridine rings is 1. The van der Waals surface area contributed by atoms with E-state index in [4.69, 9.17) is 10.5 Å². The Morgan fingerprint density at radius 1 is 1.43 bits per heavy atom. The minimum Gasteiger partial charge on any atom is -0.350 e. The van der Waals surface area contributed by atoms with Crippen molar-refractivity contribution in [2.45, 2.75) is 26.3 Å². The number of carbonyl (C=O) groups is 1. The standard InChI is InChI=1S/C15H19N5O/c1-11(2)6-13(8-17)19-15(21)10-20(3)14-5-4-12(7-16)9-18-14/h4-5,9,11,13H,6,10H2,1-3H3,(H,19,21)/t13-/m0/s1. The van der Waals surface area contributed by atoms with Crippen LogP contribution in [0, 0.1) is 28.6 Å². The monoisotopic (exact) mass is 285 g/mol. The van der Waals surface area contributed by atoms with Crippen molar-refractivity contribution in [2.75, 3.05) is 18.5 Å². The van der Waals surface area contributed by atoms with Crippen molar-refractivity contribution in [3.8, 4) is 12.1 Å². The second kappa shape index (κ2) is 7.86. The van der Waals surface area contributed by atoms with Gasteiger partial charge in [0, 0.05) is 13.2 Å². The van der Waals surface area contributed by atoms with Crippen LogP contribution in [-0.4, -0.2) is 30.5 Å². The van der Waals surface area contributed by atoms with Gasteiger partial charge in [-0.3, -0.25) is 4.79 Å². The molecule has 0 spiro atoms. The van der Waals surface area contributed by atoms with Gasteiger partial charge in [0.05, 0.1) is 18.2 Å². The fourth-order valence-corrected chi connectivity index (χ4v) is 1.83. The third-order valence-electron chi connectivity index (χ3n) is 2.85. The zero-order chi connectivity index (χ0) is 15.8. The highest BCUT2D eigenvalue weighted by Gasteiger charge is 2.15. The normalized spacial score (nSPS) is 11.3. The Hall–Kier alpha value is -2.60. The summed E-state index contributed by atoms with van der Waals surface area (Å²) in [6, 6.07) is 6.94. The topological polar surface area (TPSA) is 92.8 Å². The van der Waals surface area contributed by atoms with Gasteiger partial charge in [-0.15, -0.1) is 0 Å². The van der Waals surface area contributed by atoms with Crippen LogP contribution in [0.1, 0.15) is 25.8 Å². The Labute approximate surface area is 125 Å². The molecule has 0 aliphatic heterocycles. The van der Waals surface area contributed by atoms with Crippen molar-refractivity contribution in [3.63, 3.8) is 0 Å². The molecule has 0 aromatic carbocycles. The Balaban J connectivity index is 2.57. The first kappa shape index (κ1) is 16.5. The molecule has 1 heterocycles. The number of hydrogen-bond acceptors (Lipinski definition) is 5. The fourth-order valence-electron chi connectivity index (χ4n) is 1.83. The molecule has 1 N–H and O–H groups in total. The summed E-state index contributed by atoms with van der Waals surface area (Å²) in [5, 5.41) is 20.4. The minimum atomic E-state index is -0.472. The lowest BCUT2D eigenvalue weighted by Gasteiger charge is -2.19. The highest BCUT2D eigenvalue weighted by atomic mass is 16.2. The van der Waals surface area contributed by atoms with E-state index in [1.165, 1.54) is 6.20 Å². The molecule has 21 heavy (non-hydrogen) atoms. The van der Waals surface area contributed by atoms with Gasteiger partial charge in [-0.2, -0.15) is 10.5 Å². The van der Waals surface area contributed by atoms with E-state index >= 15 is 0 Å². The zero-order valence-electron chi connectivity index (χ0n) is 12.5. The Bertz CT molecular complexity index is 553. The summed E-state index contributed by atoms with van der Waals surface area (Å²) in [6.45, 7) is 4.11. The lowest BCUT2D eigenvalue weighted by molar-refractivity contribution is -0.120. The highest BCUT2D eigenvalue weighted by molar-refractivity contribution is 5.81. The summed E-state index contributed by atoms with van der Waals surface area (Å²) in [4.78, 5) is 17.7. The van der Waals surface area contributed by atoms with Gasteiger partial charge in [-0.1, -0.05) is 13.8 Å². The van der Waals surface area contributed by atoms with E-state index in [2.05, 4.69) is 16.4 Å². The molecule has 0 unspecified atom stereocenters. The lowest BCUT2D eigenvalue weighted by Crippen LogP contribution is -2.41. The number of rotatable bonds is 6. The third-order valence-corrected chi connectivity index (χ3v) is 2.85. The predicted octanol–water partition coefficient (Wildman–Crippen LogP) is 1.44.